The van der Waals surface area contributed by atoms with Gasteiger partial charge in [0, 0.05) is 6.61 Å². The molecule has 0 aliphatic carbocycles. The lowest BCUT2D eigenvalue weighted by molar-refractivity contribution is 0.0130. The molecule has 2 unspecified atom stereocenters. The van der Waals surface area contributed by atoms with Gasteiger partial charge in [-0.25, -0.2) is 4.98 Å². The molecule has 1 aliphatic heterocycles. The maximum Gasteiger partial charge on any atom is 0.197 e. The molecule has 2 rings (SSSR count). The van der Waals surface area contributed by atoms with Crippen LogP contribution in [0.3, 0.4) is 0 Å². The third-order valence-electron chi connectivity index (χ3n) is 3.11. The van der Waals surface area contributed by atoms with Gasteiger partial charge in [0.15, 0.2) is 5.89 Å². The van der Waals surface area contributed by atoms with Crippen molar-refractivity contribution < 1.29 is 9.15 Å². The number of rotatable bonds is 4. The quantitative estimate of drug-likeness (QED) is 0.850. The van der Waals surface area contributed by atoms with E-state index in [0.29, 0.717) is 6.10 Å². The number of nitrogens with zero attached hydrogens (tertiary/aromatic N) is 1. The van der Waals surface area contributed by atoms with Crippen molar-refractivity contribution in [2.45, 2.75) is 44.8 Å². The normalized spacial score (nSPS) is 23.2. The van der Waals surface area contributed by atoms with Crippen LogP contribution in [0.25, 0.3) is 0 Å². The first-order chi connectivity index (χ1) is 7.79. The van der Waals surface area contributed by atoms with Crippen molar-refractivity contribution in [2.75, 3.05) is 13.7 Å². The summed E-state index contributed by atoms with van der Waals surface area (Å²) >= 11 is 0. The van der Waals surface area contributed by atoms with Crippen molar-refractivity contribution in [1.29, 1.82) is 0 Å². The van der Waals surface area contributed by atoms with Crippen molar-refractivity contribution in [2.24, 2.45) is 0 Å². The zero-order chi connectivity index (χ0) is 11.4. The van der Waals surface area contributed by atoms with Crippen molar-refractivity contribution >= 4 is 0 Å². The molecule has 1 aromatic rings. The highest BCUT2D eigenvalue weighted by molar-refractivity contribution is 5.00. The Balaban J connectivity index is 1.91. The fourth-order valence-electron chi connectivity index (χ4n) is 1.92. The van der Waals surface area contributed by atoms with Crippen LogP contribution in [0.15, 0.2) is 10.6 Å². The van der Waals surface area contributed by atoms with Crippen LogP contribution < -0.4 is 5.32 Å². The van der Waals surface area contributed by atoms with Crippen molar-refractivity contribution in [3.05, 3.63) is 17.8 Å². The summed E-state index contributed by atoms with van der Waals surface area (Å²) in [7, 11) is 1.91. The molecule has 2 heterocycles. The third-order valence-corrected chi connectivity index (χ3v) is 3.11. The van der Waals surface area contributed by atoms with E-state index in [0.717, 1.165) is 31.1 Å². The molecule has 0 radical (unpaired) electrons. The number of aromatic nitrogens is 1. The van der Waals surface area contributed by atoms with E-state index in [-0.39, 0.29) is 6.04 Å². The summed E-state index contributed by atoms with van der Waals surface area (Å²) in [6, 6.07) is 0.216. The molecule has 4 nitrogen and oxygen atoms in total. The molecule has 1 aromatic heterocycles. The fourth-order valence-corrected chi connectivity index (χ4v) is 1.92. The molecule has 1 fully saturated rings. The topological polar surface area (TPSA) is 47.3 Å². The van der Waals surface area contributed by atoms with E-state index in [4.69, 9.17) is 9.15 Å². The first-order valence-corrected chi connectivity index (χ1v) is 6.03. The lowest BCUT2D eigenvalue weighted by atomic mass is 10.1. The van der Waals surface area contributed by atoms with Gasteiger partial charge in [-0.1, -0.05) is 0 Å². The molecule has 1 N–H and O–H groups in total. The largest absolute Gasteiger partial charge is 0.444 e. The number of ether oxygens (including phenoxy) is 1. The van der Waals surface area contributed by atoms with Crippen LogP contribution in [0, 0.1) is 0 Å². The lowest BCUT2D eigenvalue weighted by Crippen LogP contribution is -2.21. The monoisotopic (exact) mass is 224 g/mol. The molecule has 0 amide bonds. The van der Waals surface area contributed by atoms with Crippen molar-refractivity contribution in [3.8, 4) is 0 Å². The second kappa shape index (κ2) is 5.46. The smallest absolute Gasteiger partial charge is 0.197 e. The van der Waals surface area contributed by atoms with E-state index >= 15 is 0 Å². The van der Waals surface area contributed by atoms with Gasteiger partial charge < -0.3 is 14.5 Å². The SMILES string of the molecule is CNC(C)c1cnc(CC2CCCCO2)o1. The summed E-state index contributed by atoms with van der Waals surface area (Å²) in [5, 5.41) is 3.13. The van der Waals surface area contributed by atoms with Crippen LogP contribution in [-0.2, 0) is 11.2 Å². The van der Waals surface area contributed by atoms with Crippen molar-refractivity contribution in [1.82, 2.24) is 10.3 Å². The van der Waals surface area contributed by atoms with Gasteiger partial charge in [0.25, 0.3) is 0 Å². The maximum absolute atomic E-state index is 5.69. The molecule has 90 valence electrons. The molecule has 0 saturated carbocycles. The second-order valence-corrected chi connectivity index (χ2v) is 4.36. The number of oxazole rings is 1. The van der Waals surface area contributed by atoms with E-state index in [2.05, 4.69) is 17.2 Å². The van der Waals surface area contributed by atoms with Crippen molar-refractivity contribution in [3.63, 3.8) is 0 Å². The van der Waals surface area contributed by atoms with Crippen LogP contribution >= 0.6 is 0 Å². The first-order valence-electron chi connectivity index (χ1n) is 6.03. The zero-order valence-electron chi connectivity index (χ0n) is 10.0. The van der Waals surface area contributed by atoms with Gasteiger partial charge in [-0.15, -0.1) is 0 Å². The summed E-state index contributed by atoms with van der Waals surface area (Å²) in [6.45, 7) is 2.94. The van der Waals surface area contributed by atoms with Crippen LogP contribution in [0.5, 0.6) is 0 Å². The summed E-state index contributed by atoms with van der Waals surface area (Å²) in [5.74, 6) is 1.69. The molecular weight excluding hydrogens is 204 g/mol. The minimum absolute atomic E-state index is 0.216. The Labute approximate surface area is 96.4 Å². The predicted octanol–water partition coefficient (Wildman–Crippen LogP) is 2.07. The highest BCUT2D eigenvalue weighted by atomic mass is 16.5. The lowest BCUT2D eigenvalue weighted by Gasteiger charge is -2.21. The molecule has 1 aliphatic rings. The minimum Gasteiger partial charge on any atom is -0.444 e. The van der Waals surface area contributed by atoms with Crippen LogP contribution in [0.4, 0.5) is 0 Å². The van der Waals surface area contributed by atoms with E-state index < -0.39 is 0 Å². The Morgan fingerprint density at radius 3 is 3.12 bits per heavy atom. The summed E-state index contributed by atoms with van der Waals surface area (Å²) in [6.07, 6.45) is 6.47. The maximum atomic E-state index is 5.69. The molecule has 0 aromatic carbocycles. The van der Waals surface area contributed by atoms with E-state index in [9.17, 15) is 0 Å². The van der Waals surface area contributed by atoms with E-state index in [1.807, 2.05) is 7.05 Å². The van der Waals surface area contributed by atoms with Gasteiger partial charge in [-0.3, -0.25) is 0 Å². The molecule has 0 spiro atoms. The van der Waals surface area contributed by atoms with Crippen LogP contribution in [-0.4, -0.2) is 24.7 Å². The molecule has 2 atom stereocenters. The van der Waals surface area contributed by atoms with Crippen LogP contribution in [0.1, 0.15) is 43.9 Å². The van der Waals surface area contributed by atoms with Gasteiger partial charge in [0.05, 0.1) is 24.8 Å². The first kappa shape index (κ1) is 11.6. The molecule has 16 heavy (non-hydrogen) atoms. The van der Waals surface area contributed by atoms with Gasteiger partial charge >= 0.3 is 0 Å². The summed E-state index contributed by atoms with van der Waals surface area (Å²) in [4.78, 5) is 4.29. The summed E-state index contributed by atoms with van der Waals surface area (Å²) < 4.78 is 11.3. The minimum atomic E-state index is 0.216. The Kier molecular flexibility index (Phi) is 3.96. The van der Waals surface area contributed by atoms with E-state index in [1.165, 1.54) is 12.8 Å². The van der Waals surface area contributed by atoms with Gasteiger partial charge in [0.2, 0.25) is 0 Å². The molecule has 4 heteroatoms. The molecule has 0 bridgehead atoms. The Bertz CT molecular complexity index is 319. The Morgan fingerprint density at radius 1 is 1.56 bits per heavy atom. The molecular formula is C12H20N2O2. The highest BCUT2D eigenvalue weighted by Gasteiger charge is 2.18. The molecule has 1 saturated heterocycles. The highest BCUT2D eigenvalue weighted by Crippen LogP contribution is 2.19. The van der Waals surface area contributed by atoms with Crippen LogP contribution in [0.2, 0.25) is 0 Å². The van der Waals surface area contributed by atoms with E-state index in [1.54, 1.807) is 6.20 Å². The standard InChI is InChI=1S/C12H20N2O2/c1-9(13-2)11-8-14-12(16-11)7-10-5-3-4-6-15-10/h8-10,13H,3-7H2,1-2H3. The second-order valence-electron chi connectivity index (χ2n) is 4.36. The predicted molar refractivity (Wildman–Crippen MR) is 61.3 cm³/mol. The summed E-state index contributed by atoms with van der Waals surface area (Å²) in [5.41, 5.74) is 0. The average Bonchev–Trinajstić information content (AvgIpc) is 2.78. The van der Waals surface area contributed by atoms with Gasteiger partial charge in [0.1, 0.15) is 5.76 Å². The third kappa shape index (κ3) is 2.83. The van der Waals surface area contributed by atoms with Gasteiger partial charge in [-0.05, 0) is 33.2 Å². The average molecular weight is 224 g/mol. The Hall–Kier alpha value is -0.870. The Morgan fingerprint density at radius 2 is 2.44 bits per heavy atom. The van der Waals surface area contributed by atoms with Gasteiger partial charge in [-0.2, -0.15) is 0 Å². The fraction of sp³-hybridized carbons (Fsp3) is 0.750. The number of hydrogen-bond donors (Lipinski definition) is 1. The number of nitrogens with one attached hydrogen (secondary N) is 1. The zero-order valence-corrected chi connectivity index (χ0v) is 10.0. The number of hydrogen-bond acceptors (Lipinski definition) is 4.